The second-order valence-corrected chi connectivity index (χ2v) is 6.97. The van der Waals surface area contributed by atoms with E-state index in [1.807, 2.05) is 0 Å². The zero-order chi connectivity index (χ0) is 14.4. The minimum Gasteiger partial charge on any atom is -0.392 e. The van der Waals surface area contributed by atoms with Crippen LogP contribution in [0.3, 0.4) is 0 Å². The van der Waals surface area contributed by atoms with Gasteiger partial charge in [0.25, 0.3) is 0 Å². The molecule has 2 rings (SSSR count). The fourth-order valence-electron chi connectivity index (χ4n) is 3.97. The number of piperidine rings is 1. The minimum atomic E-state index is -0.129. The molecule has 1 aliphatic heterocycles. The van der Waals surface area contributed by atoms with Crippen molar-refractivity contribution in [3.05, 3.63) is 0 Å². The summed E-state index contributed by atoms with van der Waals surface area (Å²) >= 11 is 0. The molecule has 0 spiro atoms. The van der Waals surface area contributed by atoms with E-state index < -0.39 is 0 Å². The predicted molar refractivity (Wildman–Crippen MR) is 84.9 cm³/mol. The zero-order valence-electron chi connectivity index (χ0n) is 13.5. The molecule has 118 valence electrons. The number of hydrogen-bond acceptors (Lipinski definition) is 3. The molecular formula is C17H34N2O. The summed E-state index contributed by atoms with van der Waals surface area (Å²) in [4.78, 5) is 2.62. The molecule has 0 aromatic carbocycles. The highest BCUT2D eigenvalue weighted by Crippen LogP contribution is 2.23. The standard InChI is InChI=1S/C17H34N2O/c1-3-11-19-12-7-8-15(13-19)14(2)18-16-9-5-4-6-10-17(16)20/h14-18,20H,3-13H2,1-2H3. The summed E-state index contributed by atoms with van der Waals surface area (Å²) in [6.07, 6.45) is 9.70. The number of rotatable bonds is 5. The highest BCUT2D eigenvalue weighted by molar-refractivity contribution is 4.86. The van der Waals surface area contributed by atoms with Crippen LogP contribution < -0.4 is 5.32 Å². The SMILES string of the molecule is CCCN1CCCC(C(C)NC2CCCCCC2O)C1. The van der Waals surface area contributed by atoms with Crippen LogP contribution in [0.15, 0.2) is 0 Å². The van der Waals surface area contributed by atoms with Crippen LogP contribution in [0.5, 0.6) is 0 Å². The van der Waals surface area contributed by atoms with Gasteiger partial charge in [0.1, 0.15) is 0 Å². The van der Waals surface area contributed by atoms with Crippen molar-refractivity contribution in [1.82, 2.24) is 10.2 Å². The van der Waals surface area contributed by atoms with E-state index in [4.69, 9.17) is 0 Å². The summed E-state index contributed by atoms with van der Waals surface area (Å²) in [6.45, 7) is 8.37. The maximum absolute atomic E-state index is 10.3. The molecular weight excluding hydrogens is 248 g/mol. The molecule has 0 aromatic rings. The van der Waals surface area contributed by atoms with Crippen molar-refractivity contribution in [3.63, 3.8) is 0 Å². The van der Waals surface area contributed by atoms with Crippen molar-refractivity contribution < 1.29 is 5.11 Å². The largest absolute Gasteiger partial charge is 0.392 e. The third-order valence-corrected chi connectivity index (χ3v) is 5.25. The summed E-state index contributed by atoms with van der Waals surface area (Å²) in [5.74, 6) is 0.755. The highest BCUT2D eigenvalue weighted by atomic mass is 16.3. The lowest BCUT2D eigenvalue weighted by atomic mass is 9.90. The smallest absolute Gasteiger partial charge is 0.0693 e. The maximum Gasteiger partial charge on any atom is 0.0693 e. The quantitative estimate of drug-likeness (QED) is 0.761. The Morgan fingerprint density at radius 2 is 1.95 bits per heavy atom. The number of aliphatic hydroxyl groups excluding tert-OH is 1. The van der Waals surface area contributed by atoms with Gasteiger partial charge >= 0.3 is 0 Å². The molecule has 3 nitrogen and oxygen atoms in total. The topological polar surface area (TPSA) is 35.5 Å². The van der Waals surface area contributed by atoms with Gasteiger partial charge in [-0.2, -0.15) is 0 Å². The third-order valence-electron chi connectivity index (χ3n) is 5.25. The van der Waals surface area contributed by atoms with Crippen LogP contribution in [0.2, 0.25) is 0 Å². The van der Waals surface area contributed by atoms with Gasteiger partial charge in [0, 0.05) is 18.6 Å². The van der Waals surface area contributed by atoms with Crippen molar-refractivity contribution in [2.24, 2.45) is 5.92 Å². The highest BCUT2D eigenvalue weighted by Gasteiger charge is 2.28. The second kappa shape index (κ2) is 8.35. The molecule has 1 saturated heterocycles. The van der Waals surface area contributed by atoms with Crippen molar-refractivity contribution in [2.75, 3.05) is 19.6 Å². The van der Waals surface area contributed by atoms with E-state index >= 15 is 0 Å². The molecule has 3 heteroatoms. The van der Waals surface area contributed by atoms with Gasteiger partial charge in [-0.05, 0) is 58.0 Å². The van der Waals surface area contributed by atoms with Crippen LogP contribution in [0.25, 0.3) is 0 Å². The minimum absolute atomic E-state index is 0.129. The number of nitrogens with zero attached hydrogens (tertiary/aromatic N) is 1. The number of likely N-dealkylation sites (tertiary alicyclic amines) is 1. The first-order valence-electron chi connectivity index (χ1n) is 8.87. The number of hydrogen-bond donors (Lipinski definition) is 2. The molecule has 20 heavy (non-hydrogen) atoms. The van der Waals surface area contributed by atoms with E-state index in [-0.39, 0.29) is 6.10 Å². The van der Waals surface area contributed by atoms with Gasteiger partial charge in [-0.15, -0.1) is 0 Å². The molecule has 2 fully saturated rings. The Labute approximate surface area is 125 Å². The molecule has 2 aliphatic rings. The molecule has 1 heterocycles. The van der Waals surface area contributed by atoms with E-state index in [1.54, 1.807) is 0 Å². The lowest BCUT2D eigenvalue weighted by Crippen LogP contribution is -2.50. The normalized spacial score (nSPS) is 34.6. The van der Waals surface area contributed by atoms with Gasteiger partial charge in [0.2, 0.25) is 0 Å². The van der Waals surface area contributed by atoms with Gasteiger partial charge in [-0.3, -0.25) is 0 Å². The number of nitrogens with one attached hydrogen (secondary N) is 1. The monoisotopic (exact) mass is 282 g/mol. The summed E-state index contributed by atoms with van der Waals surface area (Å²) < 4.78 is 0. The Morgan fingerprint density at radius 3 is 2.75 bits per heavy atom. The summed E-state index contributed by atoms with van der Waals surface area (Å²) in [6, 6.07) is 0.862. The molecule has 0 aromatic heterocycles. The zero-order valence-corrected chi connectivity index (χ0v) is 13.5. The summed E-state index contributed by atoms with van der Waals surface area (Å²) in [5.41, 5.74) is 0. The molecule has 1 aliphatic carbocycles. The van der Waals surface area contributed by atoms with Gasteiger partial charge in [0.05, 0.1) is 6.10 Å². The first kappa shape index (κ1) is 16.3. The van der Waals surface area contributed by atoms with E-state index in [0.29, 0.717) is 12.1 Å². The van der Waals surface area contributed by atoms with Crippen LogP contribution in [-0.2, 0) is 0 Å². The molecule has 4 atom stereocenters. The van der Waals surface area contributed by atoms with E-state index in [9.17, 15) is 5.11 Å². The first-order chi connectivity index (χ1) is 9.70. The van der Waals surface area contributed by atoms with Crippen LogP contribution in [0.4, 0.5) is 0 Å². The van der Waals surface area contributed by atoms with Crippen LogP contribution in [0, 0.1) is 5.92 Å². The van der Waals surface area contributed by atoms with Crippen molar-refractivity contribution in [1.29, 1.82) is 0 Å². The van der Waals surface area contributed by atoms with Crippen molar-refractivity contribution >= 4 is 0 Å². The summed E-state index contributed by atoms with van der Waals surface area (Å²) in [5, 5.41) is 14.0. The molecule has 2 N–H and O–H groups in total. The Kier molecular flexibility index (Phi) is 6.79. The first-order valence-corrected chi connectivity index (χ1v) is 8.87. The average Bonchev–Trinajstić information content (AvgIpc) is 2.65. The fourth-order valence-corrected chi connectivity index (χ4v) is 3.97. The Balaban J connectivity index is 1.81. The predicted octanol–water partition coefficient (Wildman–Crippen LogP) is 2.78. The van der Waals surface area contributed by atoms with Crippen LogP contribution in [0.1, 0.15) is 65.2 Å². The molecule has 4 unspecified atom stereocenters. The Bertz CT molecular complexity index is 270. The number of aliphatic hydroxyl groups is 1. The molecule has 1 saturated carbocycles. The Morgan fingerprint density at radius 1 is 1.15 bits per heavy atom. The molecule has 0 amide bonds. The van der Waals surface area contributed by atoms with Gasteiger partial charge in [-0.1, -0.05) is 26.2 Å². The molecule has 0 bridgehead atoms. The van der Waals surface area contributed by atoms with Crippen LogP contribution in [-0.4, -0.2) is 47.8 Å². The third kappa shape index (κ3) is 4.71. The lowest BCUT2D eigenvalue weighted by molar-refractivity contribution is 0.0951. The Hall–Kier alpha value is -0.120. The average molecular weight is 282 g/mol. The van der Waals surface area contributed by atoms with Gasteiger partial charge in [-0.25, -0.2) is 0 Å². The van der Waals surface area contributed by atoms with E-state index in [1.165, 1.54) is 58.2 Å². The van der Waals surface area contributed by atoms with E-state index in [2.05, 4.69) is 24.1 Å². The van der Waals surface area contributed by atoms with Crippen molar-refractivity contribution in [3.8, 4) is 0 Å². The van der Waals surface area contributed by atoms with Gasteiger partial charge < -0.3 is 15.3 Å². The van der Waals surface area contributed by atoms with E-state index in [0.717, 1.165) is 18.8 Å². The van der Waals surface area contributed by atoms with Gasteiger partial charge in [0.15, 0.2) is 0 Å². The molecule has 0 radical (unpaired) electrons. The van der Waals surface area contributed by atoms with Crippen molar-refractivity contribution in [2.45, 2.75) is 83.4 Å². The lowest BCUT2D eigenvalue weighted by Gasteiger charge is -2.38. The second-order valence-electron chi connectivity index (χ2n) is 6.97. The summed E-state index contributed by atoms with van der Waals surface area (Å²) in [7, 11) is 0. The maximum atomic E-state index is 10.3. The van der Waals surface area contributed by atoms with Crippen LogP contribution >= 0.6 is 0 Å². The fraction of sp³-hybridized carbons (Fsp3) is 1.00.